The zero-order valence-electron chi connectivity index (χ0n) is 12.8. The van der Waals surface area contributed by atoms with Crippen LogP contribution in [0.5, 0.6) is 0 Å². The highest BCUT2D eigenvalue weighted by atomic mass is 35.5. The molecule has 3 nitrogen and oxygen atoms in total. The van der Waals surface area contributed by atoms with Crippen molar-refractivity contribution >= 4 is 46.7 Å². The molecule has 1 atom stereocenters. The number of hydrogen-bond donors (Lipinski definition) is 1. The highest BCUT2D eigenvalue weighted by Crippen LogP contribution is 2.52. The van der Waals surface area contributed by atoms with Gasteiger partial charge in [0.2, 0.25) is 0 Å². The van der Waals surface area contributed by atoms with E-state index in [9.17, 15) is 9.59 Å². The molecular weight excluding hydrogens is 355 g/mol. The minimum absolute atomic E-state index is 0.0807. The van der Waals surface area contributed by atoms with Crippen LogP contribution in [0, 0.1) is 11.3 Å². The maximum atomic E-state index is 13.0. The molecule has 0 spiro atoms. The Bertz CT molecular complexity index is 683. The molecule has 0 aliphatic heterocycles. The van der Waals surface area contributed by atoms with Crippen LogP contribution in [0.4, 0.5) is 0 Å². The summed E-state index contributed by atoms with van der Waals surface area (Å²) in [6.07, 6.45) is 5.20. The molecule has 1 fully saturated rings. The van der Waals surface area contributed by atoms with Crippen molar-refractivity contribution in [2.75, 3.05) is 5.75 Å². The molecule has 124 valence electrons. The number of fused-ring (bicyclic) bond motifs is 1. The van der Waals surface area contributed by atoms with Crippen molar-refractivity contribution in [3.63, 3.8) is 0 Å². The summed E-state index contributed by atoms with van der Waals surface area (Å²) in [4.78, 5) is 24.4. The summed E-state index contributed by atoms with van der Waals surface area (Å²) in [5.41, 5.74) is 1.06. The van der Waals surface area contributed by atoms with Crippen LogP contribution in [-0.4, -0.2) is 22.6 Å². The Morgan fingerprint density at radius 2 is 2.00 bits per heavy atom. The van der Waals surface area contributed by atoms with Crippen LogP contribution < -0.4 is 0 Å². The number of carbonyl (C=O) groups is 2. The van der Waals surface area contributed by atoms with Crippen LogP contribution in [0.2, 0.25) is 10.0 Å². The van der Waals surface area contributed by atoms with Crippen molar-refractivity contribution in [1.29, 1.82) is 0 Å². The van der Waals surface area contributed by atoms with E-state index in [0.717, 1.165) is 30.2 Å². The molecule has 1 N–H and O–H groups in total. The van der Waals surface area contributed by atoms with Gasteiger partial charge in [0.25, 0.3) is 0 Å². The molecule has 23 heavy (non-hydrogen) atoms. The van der Waals surface area contributed by atoms with E-state index < -0.39 is 11.4 Å². The monoisotopic (exact) mass is 372 g/mol. The zero-order valence-corrected chi connectivity index (χ0v) is 15.2. The Kier molecular flexibility index (Phi) is 4.69. The topological polar surface area (TPSA) is 54.4 Å². The molecule has 0 heterocycles. The van der Waals surface area contributed by atoms with Gasteiger partial charge in [-0.3, -0.25) is 9.59 Å². The maximum absolute atomic E-state index is 13.0. The predicted octanol–water partition coefficient (Wildman–Crippen LogP) is 5.11. The van der Waals surface area contributed by atoms with E-state index in [1.165, 1.54) is 12.8 Å². The van der Waals surface area contributed by atoms with Gasteiger partial charge in [-0.05, 0) is 36.8 Å². The summed E-state index contributed by atoms with van der Waals surface area (Å²) in [6, 6.07) is 1.86. The van der Waals surface area contributed by atoms with Crippen molar-refractivity contribution in [2.45, 2.75) is 43.9 Å². The molecule has 1 saturated carbocycles. The molecule has 3 rings (SSSR count). The molecule has 6 heteroatoms. The molecule has 0 bridgehead atoms. The predicted molar refractivity (Wildman–Crippen MR) is 92.9 cm³/mol. The number of carboxylic acids is 1. The Balaban J connectivity index is 1.98. The van der Waals surface area contributed by atoms with Gasteiger partial charge in [-0.1, -0.05) is 43.0 Å². The normalized spacial score (nSPS) is 24.2. The molecule has 0 radical (unpaired) electrons. The van der Waals surface area contributed by atoms with Crippen molar-refractivity contribution in [3.8, 4) is 0 Å². The lowest BCUT2D eigenvalue weighted by Crippen LogP contribution is -2.32. The standard InChI is InChI=1S/C17H18Cl2O3S/c1-17(10-4-2-3-5-10)7-9-6-11(23-8-12(20)21)14(18)15(19)13(9)16(17)22/h6,10H,2-5,7-8H2,1H3,(H,20,21). The van der Waals surface area contributed by atoms with Gasteiger partial charge in [-0.15, -0.1) is 11.8 Å². The van der Waals surface area contributed by atoms with Crippen molar-refractivity contribution in [2.24, 2.45) is 11.3 Å². The van der Waals surface area contributed by atoms with E-state index in [2.05, 4.69) is 0 Å². The summed E-state index contributed by atoms with van der Waals surface area (Å²) in [7, 11) is 0. The first kappa shape index (κ1) is 17.1. The van der Waals surface area contributed by atoms with E-state index in [4.69, 9.17) is 28.3 Å². The number of halogens is 2. The van der Waals surface area contributed by atoms with E-state index in [1.807, 2.05) is 13.0 Å². The molecule has 1 aromatic rings. The molecule has 2 aliphatic carbocycles. The minimum Gasteiger partial charge on any atom is -0.481 e. The fourth-order valence-electron chi connectivity index (χ4n) is 3.94. The van der Waals surface area contributed by atoms with Crippen LogP contribution in [0.25, 0.3) is 0 Å². The number of ketones is 1. The molecule has 0 saturated heterocycles. The highest BCUT2D eigenvalue weighted by Gasteiger charge is 2.49. The summed E-state index contributed by atoms with van der Waals surface area (Å²) in [6.45, 7) is 2.04. The SMILES string of the molecule is CC1(C2CCCC2)Cc2cc(SCC(=O)O)c(Cl)c(Cl)c2C1=O. The lowest BCUT2D eigenvalue weighted by atomic mass is 9.73. The fraction of sp³-hybridized carbons (Fsp3) is 0.529. The summed E-state index contributed by atoms with van der Waals surface area (Å²) < 4.78 is 0. The van der Waals surface area contributed by atoms with Crippen LogP contribution in [0.15, 0.2) is 11.0 Å². The van der Waals surface area contributed by atoms with E-state index in [1.54, 1.807) is 0 Å². The van der Waals surface area contributed by atoms with E-state index >= 15 is 0 Å². The number of benzene rings is 1. The lowest BCUT2D eigenvalue weighted by molar-refractivity contribution is -0.133. The largest absolute Gasteiger partial charge is 0.481 e. The third-order valence-electron chi connectivity index (χ3n) is 5.17. The molecule has 0 amide bonds. The molecular formula is C17H18Cl2O3S. The molecule has 2 aliphatic rings. The highest BCUT2D eigenvalue weighted by molar-refractivity contribution is 8.00. The zero-order chi connectivity index (χ0) is 16.8. The van der Waals surface area contributed by atoms with Gasteiger partial charge < -0.3 is 5.11 Å². The van der Waals surface area contributed by atoms with Gasteiger partial charge in [-0.25, -0.2) is 0 Å². The lowest BCUT2D eigenvalue weighted by Gasteiger charge is -2.29. The molecule has 1 aromatic carbocycles. The second-order valence-corrected chi connectivity index (χ2v) is 8.40. The summed E-state index contributed by atoms with van der Waals surface area (Å²) in [5.74, 6) is -0.495. The first-order valence-electron chi connectivity index (χ1n) is 7.75. The number of carboxylic acid groups (broad SMARTS) is 1. The van der Waals surface area contributed by atoms with Gasteiger partial charge in [0.1, 0.15) is 0 Å². The number of Topliss-reactive ketones (excluding diaryl/α,β-unsaturated/α-hetero) is 1. The summed E-state index contributed by atoms with van der Waals surface area (Å²) in [5, 5.41) is 9.42. The first-order chi connectivity index (χ1) is 10.8. The quantitative estimate of drug-likeness (QED) is 0.746. The Labute approximate surface area is 149 Å². The summed E-state index contributed by atoms with van der Waals surface area (Å²) >= 11 is 13.8. The van der Waals surface area contributed by atoms with Gasteiger partial charge in [0, 0.05) is 15.9 Å². The van der Waals surface area contributed by atoms with Crippen LogP contribution in [0.1, 0.15) is 48.5 Å². The van der Waals surface area contributed by atoms with Crippen LogP contribution in [-0.2, 0) is 11.2 Å². The van der Waals surface area contributed by atoms with E-state index in [-0.39, 0.29) is 16.6 Å². The number of hydrogen-bond acceptors (Lipinski definition) is 3. The Morgan fingerprint density at radius 3 is 2.61 bits per heavy atom. The Morgan fingerprint density at radius 1 is 1.35 bits per heavy atom. The molecule has 1 unspecified atom stereocenters. The minimum atomic E-state index is -0.908. The van der Waals surface area contributed by atoms with Crippen molar-refractivity contribution in [1.82, 2.24) is 0 Å². The second-order valence-electron chi connectivity index (χ2n) is 6.62. The van der Waals surface area contributed by atoms with Gasteiger partial charge >= 0.3 is 5.97 Å². The number of carbonyl (C=O) groups excluding carboxylic acids is 1. The number of rotatable bonds is 4. The van der Waals surface area contributed by atoms with E-state index in [0.29, 0.717) is 27.8 Å². The molecule has 0 aromatic heterocycles. The van der Waals surface area contributed by atoms with Crippen LogP contribution >= 0.6 is 35.0 Å². The maximum Gasteiger partial charge on any atom is 0.313 e. The van der Waals surface area contributed by atoms with Gasteiger partial charge in [0.15, 0.2) is 5.78 Å². The van der Waals surface area contributed by atoms with Crippen molar-refractivity contribution < 1.29 is 14.7 Å². The van der Waals surface area contributed by atoms with Crippen molar-refractivity contribution in [3.05, 3.63) is 27.2 Å². The Hall–Kier alpha value is -0.710. The average Bonchev–Trinajstić information content (AvgIpc) is 3.10. The fourth-order valence-corrected chi connectivity index (χ4v) is 5.35. The van der Waals surface area contributed by atoms with Gasteiger partial charge in [0.05, 0.1) is 15.8 Å². The third-order valence-corrected chi connectivity index (χ3v) is 7.17. The average molecular weight is 373 g/mol. The smallest absolute Gasteiger partial charge is 0.313 e. The van der Waals surface area contributed by atoms with Crippen LogP contribution in [0.3, 0.4) is 0 Å². The van der Waals surface area contributed by atoms with Gasteiger partial charge in [-0.2, -0.15) is 0 Å². The first-order valence-corrected chi connectivity index (χ1v) is 9.49. The number of aliphatic carboxylic acids is 1. The second kappa shape index (κ2) is 6.30. The third kappa shape index (κ3) is 2.90. The number of thioether (sulfide) groups is 1.